The predicted molar refractivity (Wildman–Crippen MR) is 118 cm³/mol. The second-order valence-electron chi connectivity index (χ2n) is 8.47. The molecule has 1 aliphatic carbocycles. The van der Waals surface area contributed by atoms with Crippen molar-refractivity contribution in [3.63, 3.8) is 0 Å². The highest BCUT2D eigenvalue weighted by Gasteiger charge is 2.37. The fraction of sp³-hybridized carbons (Fsp3) is 0.478. The fourth-order valence-corrected chi connectivity index (χ4v) is 6.39. The summed E-state index contributed by atoms with van der Waals surface area (Å²) in [7, 11) is -3.86. The van der Waals surface area contributed by atoms with Crippen molar-refractivity contribution in [1.82, 2.24) is 9.62 Å². The summed E-state index contributed by atoms with van der Waals surface area (Å²) < 4.78 is 42.3. The van der Waals surface area contributed by atoms with E-state index < -0.39 is 15.8 Å². The van der Waals surface area contributed by atoms with Crippen LogP contribution in [0.3, 0.4) is 0 Å². The lowest BCUT2D eigenvalue weighted by Crippen LogP contribution is -2.51. The largest absolute Gasteiger partial charge is 0.299 e. The summed E-state index contributed by atoms with van der Waals surface area (Å²) in [5, 5.41) is 0.763. The molecule has 1 saturated heterocycles. The molecule has 1 heterocycles. The molecule has 4 nitrogen and oxygen atoms in total. The number of hydrogen-bond donors (Lipinski definition) is 1. The molecule has 0 bridgehead atoms. The van der Waals surface area contributed by atoms with Gasteiger partial charge in [0.15, 0.2) is 0 Å². The molecule has 162 valence electrons. The molecule has 7 heteroatoms. The van der Waals surface area contributed by atoms with Gasteiger partial charge >= 0.3 is 0 Å². The molecule has 0 radical (unpaired) electrons. The number of halogens is 2. The van der Waals surface area contributed by atoms with Gasteiger partial charge in [-0.15, -0.1) is 0 Å². The number of rotatable bonds is 6. The molecular weight excluding hydrogens is 423 g/mol. The number of piperidine rings is 1. The molecule has 1 N–H and O–H groups in total. The summed E-state index contributed by atoms with van der Waals surface area (Å²) in [6.07, 6.45) is 6.02. The normalized spacial score (nSPS) is 23.7. The molecule has 1 saturated carbocycles. The molecule has 2 unspecified atom stereocenters. The molecule has 0 aromatic heterocycles. The van der Waals surface area contributed by atoms with Gasteiger partial charge in [-0.25, -0.2) is 17.5 Å². The first-order valence-corrected chi connectivity index (χ1v) is 12.5. The third-order valence-corrected chi connectivity index (χ3v) is 8.24. The van der Waals surface area contributed by atoms with E-state index in [9.17, 15) is 12.8 Å². The Morgan fingerprint density at radius 1 is 1.00 bits per heavy atom. The molecule has 2 atom stereocenters. The van der Waals surface area contributed by atoms with Crippen molar-refractivity contribution < 1.29 is 12.8 Å². The fourth-order valence-electron chi connectivity index (χ4n) is 4.88. The maximum atomic E-state index is 14.0. The Kier molecular flexibility index (Phi) is 6.78. The van der Waals surface area contributed by atoms with Gasteiger partial charge in [-0.1, -0.05) is 42.3 Å². The van der Waals surface area contributed by atoms with Crippen LogP contribution in [0.4, 0.5) is 4.39 Å². The van der Waals surface area contributed by atoms with Crippen LogP contribution in [-0.4, -0.2) is 38.5 Å². The minimum atomic E-state index is -3.86. The molecule has 0 spiro atoms. The lowest BCUT2D eigenvalue weighted by Gasteiger charge is -2.38. The van der Waals surface area contributed by atoms with Gasteiger partial charge in [0.2, 0.25) is 10.0 Å². The summed E-state index contributed by atoms with van der Waals surface area (Å²) in [5.74, 6) is -0.0695. The maximum Gasteiger partial charge on any atom is 0.243 e. The van der Waals surface area contributed by atoms with Crippen molar-refractivity contribution >= 4 is 21.6 Å². The molecule has 1 aliphatic heterocycles. The first-order chi connectivity index (χ1) is 14.4. The van der Waals surface area contributed by atoms with Gasteiger partial charge in [-0.2, -0.15) is 0 Å². The van der Waals surface area contributed by atoms with Crippen LogP contribution >= 0.6 is 11.6 Å². The van der Waals surface area contributed by atoms with Crippen LogP contribution in [0.15, 0.2) is 53.4 Å². The van der Waals surface area contributed by atoms with Crippen LogP contribution in [0, 0.1) is 11.7 Å². The summed E-state index contributed by atoms with van der Waals surface area (Å²) in [6.45, 7) is 1.95. The topological polar surface area (TPSA) is 49.4 Å². The average Bonchev–Trinajstić information content (AvgIpc) is 3.18. The Balaban J connectivity index is 1.35. The summed E-state index contributed by atoms with van der Waals surface area (Å²) in [5.41, 5.74) is 1.31. The van der Waals surface area contributed by atoms with E-state index in [1.165, 1.54) is 23.8 Å². The Morgan fingerprint density at radius 3 is 2.40 bits per heavy atom. The van der Waals surface area contributed by atoms with Crippen LogP contribution in [0.1, 0.15) is 37.7 Å². The van der Waals surface area contributed by atoms with Crippen molar-refractivity contribution in [1.29, 1.82) is 0 Å². The molecule has 30 heavy (non-hydrogen) atoms. The van der Waals surface area contributed by atoms with Gasteiger partial charge in [-0.05, 0) is 80.9 Å². The first-order valence-electron chi connectivity index (χ1n) is 10.7. The highest BCUT2D eigenvalue weighted by Crippen LogP contribution is 2.31. The van der Waals surface area contributed by atoms with Crippen molar-refractivity contribution in [3.8, 4) is 0 Å². The Bertz CT molecular complexity index is 959. The highest BCUT2D eigenvalue weighted by molar-refractivity contribution is 7.89. The van der Waals surface area contributed by atoms with E-state index in [2.05, 4.69) is 21.8 Å². The Labute approximate surface area is 183 Å². The van der Waals surface area contributed by atoms with E-state index in [0.29, 0.717) is 5.92 Å². The van der Waals surface area contributed by atoms with E-state index in [1.807, 2.05) is 12.1 Å². The standard InChI is InChI=1S/C23H28ClFN2O2S/c24-19-10-8-17(9-11-19)16-18-12-14-27(15-13-18)22-6-3-5-21(22)26-30(28,29)23-7-2-1-4-20(23)25/h1-2,4,7-11,18,21-22,26H,3,5-6,12-16H2. The molecule has 0 amide bonds. The quantitative estimate of drug-likeness (QED) is 0.697. The van der Waals surface area contributed by atoms with Crippen LogP contribution in [0.2, 0.25) is 5.02 Å². The molecule has 2 aliphatic rings. The molecule has 2 aromatic carbocycles. The minimum absolute atomic E-state index is 0.164. The van der Waals surface area contributed by atoms with E-state index in [-0.39, 0.29) is 17.0 Å². The van der Waals surface area contributed by atoms with Crippen LogP contribution in [0.25, 0.3) is 0 Å². The highest BCUT2D eigenvalue weighted by atomic mass is 35.5. The molecule has 4 rings (SSSR count). The Hall–Kier alpha value is -1.47. The van der Waals surface area contributed by atoms with E-state index in [0.717, 1.165) is 56.6 Å². The number of sulfonamides is 1. The van der Waals surface area contributed by atoms with Gasteiger partial charge in [0.1, 0.15) is 10.7 Å². The van der Waals surface area contributed by atoms with Crippen molar-refractivity contribution in [2.24, 2.45) is 5.92 Å². The zero-order valence-electron chi connectivity index (χ0n) is 16.9. The lowest BCUT2D eigenvalue weighted by molar-refractivity contribution is 0.122. The first kappa shape index (κ1) is 21.8. The Morgan fingerprint density at radius 2 is 1.70 bits per heavy atom. The number of benzene rings is 2. The van der Waals surface area contributed by atoms with Gasteiger partial charge in [0, 0.05) is 17.1 Å². The minimum Gasteiger partial charge on any atom is -0.299 e. The van der Waals surface area contributed by atoms with Gasteiger partial charge < -0.3 is 0 Å². The maximum absolute atomic E-state index is 14.0. The van der Waals surface area contributed by atoms with Gasteiger partial charge in [0.25, 0.3) is 0 Å². The number of likely N-dealkylation sites (tertiary alicyclic amines) is 1. The zero-order valence-corrected chi connectivity index (χ0v) is 18.5. The average molecular weight is 451 g/mol. The molecule has 2 aromatic rings. The summed E-state index contributed by atoms with van der Waals surface area (Å²) in [6, 6.07) is 13.7. The predicted octanol–water partition coefficient (Wildman–Crippen LogP) is 4.63. The van der Waals surface area contributed by atoms with Crippen LogP contribution in [0.5, 0.6) is 0 Å². The second kappa shape index (κ2) is 9.35. The van der Waals surface area contributed by atoms with Crippen LogP contribution < -0.4 is 4.72 Å². The third-order valence-electron chi connectivity index (χ3n) is 6.47. The van der Waals surface area contributed by atoms with Crippen molar-refractivity contribution in [3.05, 3.63) is 64.9 Å². The van der Waals surface area contributed by atoms with Gasteiger partial charge in [0.05, 0.1) is 0 Å². The monoisotopic (exact) mass is 450 g/mol. The van der Waals surface area contributed by atoms with Crippen LogP contribution in [-0.2, 0) is 16.4 Å². The lowest BCUT2D eigenvalue weighted by atomic mass is 9.89. The number of nitrogens with zero attached hydrogens (tertiary/aromatic N) is 1. The van der Waals surface area contributed by atoms with Gasteiger partial charge in [-0.3, -0.25) is 4.90 Å². The molecule has 2 fully saturated rings. The van der Waals surface area contributed by atoms with Crippen molar-refractivity contribution in [2.45, 2.75) is 55.5 Å². The number of nitrogens with one attached hydrogen (secondary N) is 1. The second-order valence-corrected chi connectivity index (χ2v) is 10.6. The summed E-state index contributed by atoms with van der Waals surface area (Å²) in [4.78, 5) is 2.16. The van der Waals surface area contributed by atoms with E-state index in [4.69, 9.17) is 11.6 Å². The molecular formula is C23H28ClFN2O2S. The SMILES string of the molecule is O=S(=O)(NC1CCCC1N1CCC(Cc2ccc(Cl)cc2)CC1)c1ccccc1F. The third kappa shape index (κ3) is 5.05. The van der Waals surface area contributed by atoms with E-state index in [1.54, 1.807) is 6.07 Å². The van der Waals surface area contributed by atoms with Crippen molar-refractivity contribution in [2.75, 3.05) is 13.1 Å². The van der Waals surface area contributed by atoms with E-state index >= 15 is 0 Å². The number of hydrogen-bond acceptors (Lipinski definition) is 3. The smallest absolute Gasteiger partial charge is 0.243 e. The zero-order chi connectivity index (χ0) is 21.1. The summed E-state index contributed by atoms with van der Waals surface area (Å²) >= 11 is 5.98.